The first kappa shape index (κ1) is 26.3. The Hall–Kier alpha value is -2.78. The summed E-state index contributed by atoms with van der Waals surface area (Å²) in [5, 5.41) is 10.2. The lowest BCUT2D eigenvalue weighted by Crippen LogP contribution is -2.23. The molecule has 0 aliphatic heterocycles. The topological polar surface area (TPSA) is 83.0 Å². The Morgan fingerprint density at radius 2 is 1.67 bits per heavy atom. The van der Waals surface area contributed by atoms with Gasteiger partial charge in [0.05, 0.1) is 17.1 Å². The molecule has 0 saturated heterocycles. The maximum Gasteiger partial charge on any atom is 0.176 e. The van der Waals surface area contributed by atoms with Crippen LogP contribution in [0.5, 0.6) is 0 Å². The minimum absolute atomic E-state index is 0.112. The number of hydrogen-bond acceptors (Lipinski definition) is 4. The van der Waals surface area contributed by atoms with E-state index in [0.29, 0.717) is 15.6 Å². The smallest absolute Gasteiger partial charge is 0.176 e. The van der Waals surface area contributed by atoms with Crippen molar-refractivity contribution in [2.75, 3.05) is 6.26 Å². The molecule has 0 atom stereocenters. The maximum atomic E-state index is 16.4. The van der Waals surface area contributed by atoms with E-state index < -0.39 is 33.5 Å². The van der Waals surface area contributed by atoms with Crippen LogP contribution in [0.3, 0.4) is 0 Å². The predicted octanol–water partition coefficient (Wildman–Crippen LogP) is 6.55. The molecule has 0 amide bonds. The van der Waals surface area contributed by atoms with Crippen LogP contribution in [0.2, 0.25) is 10.0 Å². The van der Waals surface area contributed by atoms with Crippen LogP contribution in [-0.2, 0) is 21.9 Å². The van der Waals surface area contributed by atoms with E-state index >= 15 is 8.78 Å². The van der Waals surface area contributed by atoms with Crippen LogP contribution < -0.4 is 0 Å². The summed E-state index contributed by atoms with van der Waals surface area (Å²) >= 11 is 13.0. The van der Waals surface area contributed by atoms with Crippen molar-refractivity contribution in [1.29, 1.82) is 0 Å². The van der Waals surface area contributed by atoms with Gasteiger partial charge in [-0.2, -0.15) is 0 Å². The Bertz CT molecular complexity index is 1550. The Balaban J connectivity index is 2.12. The van der Waals surface area contributed by atoms with Gasteiger partial charge in [-0.3, -0.25) is 0 Å². The number of aliphatic hydroxyl groups excluding tert-OH is 1. The Morgan fingerprint density at radius 3 is 2.22 bits per heavy atom. The number of hydrogen-bond donors (Lipinski definition) is 2. The highest BCUT2D eigenvalue weighted by molar-refractivity contribution is 7.90. The molecule has 0 fully saturated rings. The van der Waals surface area contributed by atoms with Crippen LogP contribution >= 0.6 is 23.2 Å². The van der Waals surface area contributed by atoms with Crippen LogP contribution in [0.25, 0.3) is 22.5 Å². The number of benzene rings is 3. The van der Waals surface area contributed by atoms with Gasteiger partial charge in [-0.1, -0.05) is 49.2 Å². The number of sulfone groups is 1. The summed E-state index contributed by atoms with van der Waals surface area (Å²) in [6, 6.07) is 10.3. The standard InChI is InChI=1S/C26H22Cl2F2N2O3S/c1-26(2,23-18(27)5-4-6-19(23)28)22-15(7-8-16(24(22)30)25-31-9-10-32-25)14-11-20(29)17(13-33)21(12-14)36(3,34)35/h4-12,33H,13H2,1-3H3,(H,31,32). The van der Waals surface area contributed by atoms with Gasteiger partial charge in [-0.15, -0.1) is 0 Å². The zero-order chi connectivity index (χ0) is 26.4. The second-order valence-corrected chi connectivity index (χ2v) is 11.7. The fourth-order valence-electron chi connectivity index (χ4n) is 4.49. The second kappa shape index (κ2) is 9.59. The van der Waals surface area contributed by atoms with Crippen molar-refractivity contribution in [3.63, 3.8) is 0 Å². The van der Waals surface area contributed by atoms with Gasteiger partial charge in [0.2, 0.25) is 0 Å². The van der Waals surface area contributed by atoms with Crippen molar-refractivity contribution in [2.24, 2.45) is 0 Å². The van der Waals surface area contributed by atoms with E-state index in [9.17, 15) is 13.5 Å². The number of nitrogens with one attached hydrogen (secondary N) is 1. The van der Waals surface area contributed by atoms with Crippen molar-refractivity contribution in [3.8, 4) is 22.5 Å². The van der Waals surface area contributed by atoms with E-state index in [1.807, 2.05) is 0 Å². The van der Waals surface area contributed by atoms with Gasteiger partial charge in [-0.25, -0.2) is 22.2 Å². The third kappa shape index (κ3) is 4.54. The van der Waals surface area contributed by atoms with Crippen LogP contribution in [0.4, 0.5) is 8.78 Å². The molecule has 0 unspecified atom stereocenters. The average molecular weight is 551 g/mol. The predicted molar refractivity (Wildman–Crippen MR) is 137 cm³/mol. The molecule has 5 nitrogen and oxygen atoms in total. The summed E-state index contributed by atoms with van der Waals surface area (Å²) in [5.41, 5.74) is -0.453. The average Bonchev–Trinajstić information content (AvgIpc) is 3.31. The van der Waals surface area contributed by atoms with Gasteiger partial charge in [-0.05, 0) is 47.0 Å². The molecule has 0 aliphatic rings. The summed E-state index contributed by atoms with van der Waals surface area (Å²) in [7, 11) is -3.92. The lowest BCUT2D eigenvalue weighted by molar-refractivity contribution is 0.272. The van der Waals surface area contributed by atoms with Crippen molar-refractivity contribution in [1.82, 2.24) is 9.97 Å². The summed E-state index contributed by atoms with van der Waals surface area (Å²) in [6.07, 6.45) is 3.96. The van der Waals surface area contributed by atoms with E-state index in [4.69, 9.17) is 23.2 Å². The lowest BCUT2D eigenvalue weighted by atomic mass is 9.74. The third-order valence-corrected chi connectivity index (χ3v) is 7.92. The first-order valence-corrected chi connectivity index (χ1v) is 13.4. The van der Waals surface area contributed by atoms with E-state index in [0.717, 1.165) is 12.3 Å². The van der Waals surface area contributed by atoms with Crippen LogP contribution in [0.15, 0.2) is 59.8 Å². The molecule has 3 aromatic carbocycles. The highest BCUT2D eigenvalue weighted by Crippen LogP contribution is 2.46. The van der Waals surface area contributed by atoms with Crippen LogP contribution in [0.1, 0.15) is 30.5 Å². The largest absolute Gasteiger partial charge is 0.392 e. The van der Waals surface area contributed by atoms with Crippen LogP contribution in [0, 0.1) is 11.6 Å². The summed E-state index contributed by atoms with van der Waals surface area (Å²) in [5.74, 6) is -1.30. The molecule has 36 heavy (non-hydrogen) atoms. The minimum Gasteiger partial charge on any atom is -0.392 e. The van der Waals surface area contributed by atoms with Gasteiger partial charge < -0.3 is 10.1 Å². The Kier molecular flexibility index (Phi) is 7.00. The van der Waals surface area contributed by atoms with Crippen molar-refractivity contribution < 1.29 is 22.3 Å². The molecule has 188 valence electrons. The zero-order valence-electron chi connectivity index (χ0n) is 19.5. The first-order valence-electron chi connectivity index (χ1n) is 10.8. The number of aromatic nitrogens is 2. The Labute approximate surface area is 217 Å². The molecule has 4 aromatic rings. The molecular formula is C26H22Cl2F2N2O3S. The molecule has 0 spiro atoms. The quantitative estimate of drug-likeness (QED) is 0.285. The van der Waals surface area contributed by atoms with Gasteiger partial charge in [0, 0.05) is 45.2 Å². The van der Waals surface area contributed by atoms with E-state index in [-0.39, 0.29) is 38.5 Å². The van der Waals surface area contributed by atoms with E-state index in [2.05, 4.69) is 9.97 Å². The van der Waals surface area contributed by atoms with Crippen molar-refractivity contribution in [2.45, 2.75) is 30.8 Å². The number of halogens is 4. The highest BCUT2D eigenvalue weighted by atomic mass is 35.5. The summed E-state index contributed by atoms with van der Waals surface area (Å²) in [4.78, 5) is 6.65. The SMILES string of the molecule is CC(C)(c1c(Cl)cccc1Cl)c1c(-c2cc(F)c(CO)c(S(C)(=O)=O)c2)ccc(-c2ncc[nH]2)c1F. The van der Waals surface area contributed by atoms with Gasteiger partial charge in [0.15, 0.2) is 9.84 Å². The summed E-state index contributed by atoms with van der Waals surface area (Å²) < 4.78 is 56.3. The molecule has 0 aliphatic carbocycles. The van der Waals surface area contributed by atoms with Gasteiger partial charge >= 0.3 is 0 Å². The fraction of sp³-hybridized carbons (Fsp3) is 0.192. The monoisotopic (exact) mass is 550 g/mol. The second-order valence-electron chi connectivity index (χ2n) is 8.87. The molecular weight excluding hydrogens is 529 g/mol. The molecule has 4 rings (SSSR count). The lowest BCUT2D eigenvalue weighted by Gasteiger charge is -2.31. The molecule has 2 N–H and O–H groups in total. The molecule has 0 radical (unpaired) electrons. The normalized spacial score (nSPS) is 12.2. The fourth-order valence-corrected chi connectivity index (χ4v) is 6.31. The van der Waals surface area contributed by atoms with Gasteiger partial charge in [0.1, 0.15) is 17.5 Å². The minimum atomic E-state index is -3.92. The molecule has 10 heteroatoms. The number of imidazole rings is 1. The van der Waals surface area contributed by atoms with Crippen LogP contribution in [-0.4, -0.2) is 29.7 Å². The Morgan fingerprint density at radius 1 is 1.03 bits per heavy atom. The number of H-pyrrole nitrogens is 1. The van der Waals surface area contributed by atoms with Crippen molar-refractivity contribution in [3.05, 3.63) is 93.2 Å². The number of nitrogens with zero attached hydrogens (tertiary/aromatic N) is 1. The number of rotatable bonds is 6. The van der Waals surface area contributed by atoms with Crippen molar-refractivity contribution >= 4 is 33.0 Å². The molecule has 0 bridgehead atoms. The number of aliphatic hydroxyl groups is 1. The molecule has 0 saturated carbocycles. The third-order valence-electron chi connectivity index (χ3n) is 6.13. The van der Waals surface area contributed by atoms with E-state index in [1.54, 1.807) is 44.3 Å². The summed E-state index contributed by atoms with van der Waals surface area (Å²) in [6.45, 7) is 2.64. The molecule has 1 heterocycles. The highest BCUT2D eigenvalue weighted by Gasteiger charge is 2.35. The molecule has 1 aromatic heterocycles. The zero-order valence-corrected chi connectivity index (χ0v) is 21.9. The maximum absolute atomic E-state index is 16.4. The van der Waals surface area contributed by atoms with Gasteiger partial charge in [0.25, 0.3) is 0 Å². The van der Waals surface area contributed by atoms with E-state index in [1.165, 1.54) is 18.3 Å². The first-order chi connectivity index (χ1) is 16.9. The number of aromatic amines is 1.